The van der Waals surface area contributed by atoms with E-state index in [1.165, 1.54) is 5.69 Å². The Labute approximate surface area is 67.2 Å². The van der Waals surface area contributed by atoms with Crippen molar-refractivity contribution in [2.45, 2.75) is 26.8 Å². The van der Waals surface area contributed by atoms with Gasteiger partial charge in [0.15, 0.2) is 0 Å². The van der Waals surface area contributed by atoms with Crippen molar-refractivity contribution >= 4 is 0 Å². The Balaban J connectivity index is 2.83. The maximum absolute atomic E-state index is 5.45. The molecular formula is C8H15N3. The van der Waals surface area contributed by atoms with Crippen LogP contribution in [0.15, 0.2) is 6.07 Å². The highest BCUT2D eigenvalue weighted by molar-refractivity contribution is 5.09. The highest BCUT2D eigenvalue weighted by atomic mass is 15.3. The molecule has 1 aromatic heterocycles. The summed E-state index contributed by atoms with van der Waals surface area (Å²) >= 11 is 0. The van der Waals surface area contributed by atoms with Crippen molar-refractivity contribution in [3.05, 3.63) is 17.5 Å². The third-order valence-electron chi connectivity index (χ3n) is 1.69. The second-order valence-corrected chi connectivity index (χ2v) is 2.63. The van der Waals surface area contributed by atoms with Gasteiger partial charge in [-0.2, -0.15) is 5.10 Å². The van der Waals surface area contributed by atoms with Crippen LogP contribution in [0.4, 0.5) is 0 Å². The Morgan fingerprint density at radius 2 is 2.36 bits per heavy atom. The van der Waals surface area contributed by atoms with Gasteiger partial charge >= 0.3 is 0 Å². The summed E-state index contributed by atoms with van der Waals surface area (Å²) in [4.78, 5) is 0. The van der Waals surface area contributed by atoms with Gasteiger partial charge in [0.05, 0.1) is 5.69 Å². The van der Waals surface area contributed by atoms with Crippen LogP contribution in [0.25, 0.3) is 0 Å². The number of aryl methyl sites for hydroxylation is 2. The molecular weight excluding hydrogens is 138 g/mol. The van der Waals surface area contributed by atoms with E-state index in [0.717, 1.165) is 18.7 Å². The molecule has 1 aromatic rings. The standard InChI is InChI=1S/C8H15N3/c1-3-11-8(4-5-9)6-7(2)10-11/h6H,3-5,9H2,1-2H3. The molecule has 0 atom stereocenters. The Kier molecular flexibility index (Phi) is 2.65. The zero-order chi connectivity index (χ0) is 8.27. The summed E-state index contributed by atoms with van der Waals surface area (Å²) in [5.74, 6) is 0. The van der Waals surface area contributed by atoms with E-state index in [9.17, 15) is 0 Å². The van der Waals surface area contributed by atoms with Gasteiger partial charge in [0, 0.05) is 18.7 Å². The fourth-order valence-corrected chi connectivity index (χ4v) is 1.22. The van der Waals surface area contributed by atoms with Crippen LogP contribution in [0.1, 0.15) is 18.3 Å². The molecule has 0 amide bonds. The van der Waals surface area contributed by atoms with Crippen LogP contribution >= 0.6 is 0 Å². The molecule has 11 heavy (non-hydrogen) atoms. The van der Waals surface area contributed by atoms with Crippen LogP contribution in [0.3, 0.4) is 0 Å². The van der Waals surface area contributed by atoms with Gasteiger partial charge in [-0.15, -0.1) is 0 Å². The van der Waals surface area contributed by atoms with Crippen LogP contribution in [0.2, 0.25) is 0 Å². The molecule has 0 saturated heterocycles. The average molecular weight is 153 g/mol. The largest absolute Gasteiger partial charge is 0.330 e. The van der Waals surface area contributed by atoms with Crippen molar-refractivity contribution in [1.82, 2.24) is 9.78 Å². The molecule has 0 fully saturated rings. The maximum Gasteiger partial charge on any atom is 0.0596 e. The van der Waals surface area contributed by atoms with Gasteiger partial charge in [-0.1, -0.05) is 0 Å². The van der Waals surface area contributed by atoms with Crippen molar-refractivity contribution in [2.24, 2.45) is 5.73 Å². The Morgan fingerprint density at radius 3 is 2.91 bits per heavy atom. The average Bonchev–Trinajstić information content (AvgIpc) is 2.32. The summed E-state index contributed by atoms with van der Waals surface area (Å²) in [6.45, 7) is 5.73. The number of hydrogen-bond acceptors (Lipinski definition) is 2. The SMILES string of the molecule is CCn1nc(C)cc1CCN. The van der Waals surface area contributed by atoms with E-state index < -0.39 is 0 Å². The molecule has 0 unspecified atom stereocenters. The quantitative estimate of drug-likeness (QED) is 0.695. The predicted molar refractivity (Wildman–Crippen MR) is 45.4 cm³/mol. The van der Waals surface area contributed by atoms with Crippen LogP contribution < -0.4 is 5.73 Å². The number of aromatic nitrogens is 2. The fourth-order valence-electron chi connectivity index (χ4n) is 1.22. The molecule has 1 heterocycles. The zero-order valence-corrected chi connectivity index (χ0v) is 7.17. The van der Waals surface area contributed by atoms with Crippen LogP contribution in [-0.2, 0) is 13.0 Å². The lowest BCUT2D eigenvalue weighted by Crippen LogP contribution is -2.08. The molecule has 0 bridgehead atoms. The van der Waals surface area contributed by atoms with Gasteiger partial charge in [-0.25, -0.2) is 0 Å². The van der Waals surface area contributed by atoms with E-state index >= 15 is 0 Å². The molecule has 2 N–H and O–H groups in total. The van der Waals surface area contributed by atoms with Crippen molar-refractivity contribution in [3.63, 3.8) is 0 Å². The Hall–Kier alpha value is -0.830. The lowest BCUT2D eigenvalue weighted by atomic mass is 10.3. The first-order chi connectivity index (χ1) is 5.27. The fraction of sp³-hybridized carbons (Fsp3) is 0.625. The van der Waals surface area contributed by atoms with Gasteiger partial charge in [0.25, 0.3) is 0 Å². The molecule has 3 heteroatoms. The molecule has 62 valence electrons. The van der Waals surface area contributed by atoms with Crippen molar-refractivity contribution in [3.8, 4) is 0 Å². The third kappa shape index (κ3) is 1.80. The zero-order valence-electron chi connectivity index (χ0n) is 7.17. The minimum atomic E-state index is 0.700. The van der Waals surface area contributed by atoms with E-state index in [1.807, 2.05) is 11.6 Å². The van der Waals surface area contributed by atoms with Gasteiger partial charge < -0.3 is 5.73 Å². The first kappa shape index (κ1) is 8.27. The summed E-state index contributed by atoms with van der Waals surface area (Å²) in [5.41, 5.74) is 7.77. The molecule has 0 aliphatic rings. The number of nitrogens with two attached hydrogens (primary N) is 1. The lowest BCUT2D eigenvalue weighted by Gasteiger charge is -2.00. The third-order valence-corrected chi connectivity index (χ3v) is 1.69. The molecule has 0 saturated carbocycles. The summed E-state index contributed by atoms with van der Waals surface area (Å²) in [6.07, 6.45) is 0.925. The van der Waals surface area contributed by atoms with Crippen molar-refractivity contribution in [2.75, 3.05) is 6.54 Å². The lowest BCUT2D eigenvalue weighted by molar-refractivity contribution is 0.616. The van der Waals surface area contributed by atoms with E-state index in [-0.39, 0.29) is 0 Å². The van der Waals surface area contributed by atoms with E-state index in [4.69, 9.17) is 5.73 Å². The Morgan fingerprint density at radius 1 is 1.64 bits per heavy atom. The minimum absolute atomic E-state index is 0.700. The minimum Gasteiger partial charge on any atom is -0.330 e. The summed E-state index contributed by atoms with van der Waals surface area (Å²) in [7, 11) is 0. The van der Waals surface area contributed by atoms with Gasteiger partial charge in [0.2, 0.25) is 0 Å². The number of rotatable bonds is 3. The number of hydrogen-bond donors (Lipinski definition) is 1. The first-order valence-electron chi connectivity index (χ1n) is 4.01. The summed E-state index contributed by atoms with van der Waals surface area (Å²) in [5, 5.41) is 4.31. The van der Waals surface area contributed by atoms with Crippen LogP contribution in [-0.4, -0.2) is 16.3 Å². The molecule has 0 aromatic carbocycles. The second kappa shape index (κ2) is 3.53. The van der Waals surface area contributed by atoms with E-state index in [2.05, 4.69) is 18.1 Å². The molecule has 3 nitrogen and oxygen atoms in total. The van der Waals surface area contributed by atoms with E-state index in [1.54, 1.807) is 0 Å². The summed E-state index contributed by atoms with van der Waals surface area (Å²) in [6, 6.07) is 2.09. The highest BCUT2D eigenvalue weighted by Crippen LogP contribution is 2.03. The highest BCUT2D eigenvalue weighted by Gasteiger charge is 2.01. The van der Waals surface area contributed by atoms with E-state index in [0.29, 0.717) is 6.54 Å². The first-order valence-corrected chi connectivity index (χ1v) is 4.01. The molecule has 0 aliphatic heterocycles. The van der Waals surface area contributed by atoms with Crippen molar-refractivity contribution < 1.29 is 0 Å². The second-order valence-electron chi connectivity index (χ2n) is 2.63. The normalized spacial score (nSPS) is 10.5. The van der Waals surface area contributed by atoms with Crippen LogP contribution in [0, 0.1) is 6.92 Å². The van der Waals surface area contributed by atoms with Crippen LogP contribution in [0.5, 0.6) is 0 Å². The Bertz CT molecular complexity index is 227. The van der Waals surface area contributed by atoms with Gasteiger partial charge in [-0.3, -0.25) is 4.68 Å². The van der Waals surface area contributed by atoms with Gasteiger partial charge in [0.1, 0.15) is 0 Å². The summed E-state index contributed by atoms with van der Waals surface area (Å²) < 4.78 is 2.00. The monoisotopic (exact) mass is 153 g/mol. The maximum atomic E-state index is 5.45. The molecule has 0 radical (unpaired) electrons. The molecule has 0 spiro atoms. The number of nitrogens with zero attached hydrogens (tertiary/aromatic N) is 2. The molecule has 1 rings (SSSR count). The predicted octanol–water partition coefficient (Wildman–Crippen LogP) is 0.713. The molecule has 0 aliphatic carbocycles. The van der Waals surface area contributed by atoms with Gasteiger partial charge in [-0.05, 0) is 26.5 Å². The smallest absolute Gasteiger partial charge is 0.0596 e. The van der Waals surface area contributed by atoms with Crippen molar-refractivity contribution in [1.29, 1.82) is 0 Å². The topological polar surface area (TPSA) is 43.8 Å².